The van der Waals surface area contributed by atoms with Gasteiger partial charge in [0.15, 0.2) is 5.60 Å². The second-order valence-corrected chi connectivity index (χ2v) is 25.7. The number of ether oxygens (including phenoxy) is 12. The lowest BCUT2D eigenvalue weighted by Crippen LogP contribution is -2.54. The quantitative estimate of drug-likeness (QED) is 0.0168. The predicted molar refractivity (Wildman–Crippen MR) is 370 cm³/mol. The van der Waals surface area contributed by atoms with Gasteiger partial charge in [-0.3, -0.25) is 19.2 Å². The van der Waals surface area contributed by atoms with E-state index in [0.29, 0.717) is 181 Å². The Morgan fingerprint density at radius 1 is 0.703 bits per heavy atom. The molecule has 0 unspecified atom stereocenters. The van der Waals surface area contributed by atoms with Gasteiger partial charge in [-0.05, 0) is 117 Å². The van der Waals surface area contributed by atoms with Crippen LogP contribution in [-0.2, 0) is 108 Å². The highest BCUT2D eigenvalue weighted by molar-refractivity contribution is 5.99. The number of urea groups is 1. The van der Waals surface area contributed by atoms with Crippen molar-refractivity contribution in [2.75, 3.05) is 144 Å². The SMILES string of the molecule is CC[C@@]1(O)C(=O)OCc2c1cc1n(c2=O)Cc2c-1nc1cc(F)c(C)c3c1c2[C@@H](NC(=O)OCc1ccc(NC(=O)[C@H](CCCNC(N)=O)NC(=O)[C@@H](NC(=O)CCOCCOCCCCCOCCOCCOCCOCCOCCOCCOCCOCCC(C)C)C(C)C)cc1)CC3. The average Bonchev–Trinajstić information content (AvgIpc) is 1.61. The lowest BCUT2D eigenvalue weighted by molar-refractivity contribution is -0.172. The summed E-state index contributed by atoms with van der Waals surface area (Å²) in [5.41, 5.74) is 7.50. The fourth-order valence-electron chi connectivity index (χ4n) is 11.8. The van der Waals surface area contributed by atoms with E-state index in [4.69, 9.17) is 67.6 Å². The third-order valence-corrected chi connectivity index (χ3v) is 17.5. The van der Waals surface area contributed by atoms with Crippen molar-refractivity contribution in [1.29, 1.82) is 0 Å². The van der Waals surface area contributed by atoms with E-state index in [1.165, 1.54) is 10.6 Å². The van der Waals surface area contributed by atoms with E-state index in [-0.39, 0.29) is 82.2 Å². The van der Waals surface area contributed by atoms with Crippen LogP contribution in [0.1, 0.15) is 137 Å². The van der Waals surface area contributed by atoms with Crippen molar-refractivity contribution in [1.82, 2.24) is 30.8 Å². The predicted octanol–water partition coefficient (Wildman–Crippen LogP) is 6.23. The van der Waals surface area contributed by atoms with Crippen LogP contribution in [0.4, 0.5) is 19.7 Å². The maximum absolute atomic E-state index is 15.5. The number of hydrogen-bond donors (Lipinski definition) is 7. The number of alkyl carbamates (subject to hydrolysis) is 1. The minimum atomic E-state index is -2.05. The van der Waals surface area contributed by atoms with Crippen molar-refractivity contribution in [2.45, 2.75) is 149 Å². The van der Waals surface area contributed by atoms with Crippen molar-refractivity contribution in [3.05, 3.63) is 91.5 Å². The second kappa shape index (κ2) is 43.0. The summed E-state index contributed by atoms with van der Waals surface area (Å²) in [6, 6.07) is 5.95. The van der Waals surface area contributed by atoms with Gasteiger partial charge in [-0.2, -0.15) is 0 Å². The van der Waals surface area contributed by atoms with E-state index in [1.807, 2.05) is 0 Å². The number of aliphatic hydroxyl groups is 1. The molecule has 3 aliphatic rings. The van der Waals surface area contributed by atoms with Crippen LogP contribution in [0.2, 0.25) is 0 Å². The molecular formula is C72H105FN8O20. The molecule has 4 aromatic rings. The number of fused-ring (bicyclic) bond motifs is 5. The molecule has 0 saturated heterocycles. The minimum Gasteiger partial charge on any atom is -0.458 e. The third-order valence-electron chi connectivity index (χ3n) is 17.5. The number of hydrogen-bond acceptors (Lipinski definition) is 21. The van der Waals surface area contributed by atoms with Crippen molar-refractivity contribution >= 4 is 52.4 Å². The number of nitrogens with two attached hydrogens (primary N) is 1. The van der Waals surface area contributed by atoms with Gasteiger partial charge in [0.2, 0.25) is 17.7 Å². The van der Waals surface area contributed by atoms with Gasteiger partial charge >= 0.3 is 18.1 Å². The summed E-state index contributed by atoms with van der Waals surface area (Å²) in [4.78, 5) is 97.7. The highest BCUT2D eigenvalue weighted by Gasteiger charge is 2.46. The molecule has 560 valence electrons. The number of unbranched alkanes of at least 4 members (excludes halogenated alkanes) is 2. The molecule has 0 saturated carbocycles. The Morgan fingerprint density at radius 3 is 1.82 bits per heavy atom. The van der Waals surface area contributed by atoms with Gasteiger partial charge in [0.05, 0.1) is 147 Å². The molecule has 0 fully saturated rings. The normalized spacial score (nSPS) is 15.8. The largest absolute Gasteiger partial charge is 0.458 e. The van der Waals surface area contributed by atoms with Crippen LogP contribution >= 0.6 is 0 Å². The van der Waals surface area contributed by atoms with Gasteiger partial charge in [-0.1, -0.05) is 46.8 Å². The Kier molecular flexibility index (Phi) is 34.5. The molecule has 28 nitrogen and oxygen atoms in total. The monoisotopic (exact) mass is 1420 g/mol. The first-order chi connectivity index (χ1) is 48.8. The number of nitrogens with zero attached hydrogens (tertiary/aromatic N) is 2. The maximum Gasteiger partial charge on any atom is 0.407 e. The number of benzene rings is 2. The zero-order valence-electron chi connectivity index (χ0n) is 59.4. The topological polar surface area (TPSA) is 354 Å². The first-order valence-electron chi connectivity index (χ1n) is 35.4. The number of aryl methyl sites for hydroxylation is 1. The molecule has 0 bridgehead atoms. The molecule has 4 atom stereocenters. The molecule has 2 aromatic carbocycles. The lowest BCUT2D eigenvalue weighted by Gasteiger charge is -2.31. The summed E-state index contributed by atoms with van der Waals surface area (Å²) in [5, 5.41) is 26.0. The number of anilines is 1. The fraction of sp³-hybridized carbons (Fsp3) is 0.639. The van der Waals surface area contributed by atoms with Gasteiger partial charge in [0, 0.05) is 61.1 Å². The summed E-state index contributed by atoms with van der Waals surface area (Å²) >= 11 is 0. The Bertz CT molecular complexity index is 3370. The molecule has 0 spiro atoms. The van der Waals surface area contributed by atoms with Crippen LogP contribution in [0.25, 0.3) is 22.3 Å². The summed E-state index contributed by atoms with van der Waals surface area (Å²) in [7, 11) is 0. The summed E-state index contributed by atoms with van der Waals surface area (Å²) in [5.74, 6) is -2.61. The fourth-order valence-corrected chi connectivity index (χ4v) is 11.8. The average molecular weight is 1420 g/mol. The van der Waals surface area contributed by atoms with E-state index < -0.39 is 70.9 Å². The first kappa shape index (κ1) is 81.0. The standard InChI is InChI=1S/C72H105FN8O20/c1-7-72(89)55-42-60-65-53(44-81(60)68(85)54(55)46-100-69(72)86)63-57(18-17-52-49(6)56(73)43-59(77-65)62(52)63)79-71(88)101-45-50-13-15-51(16-14-50)76-66(83)58(12-11-21-75-70(74)87)78-67(84)64(48(4)5)80-61(82)20-25-93-28-26-90-22-9-8-10-23-91-27-30-94-32-34-96-36-38-98-40-41-99-39-37-97-35-33-95-31-29-92-24-19-47(2)3/h13-16,42-43,47-48,57-58,64,89H,7-12,17-41,44-46H2,1-6H3,(H,76,83)(H,78,84)(H,79,88)(H,80,82)(H3,74,75,87)/t57-,58-,64-,72-/m0/s1. The minimum absolute atomic E-state index is 0.0194. The van der Waals surface area contributed by atoms with Crippen LogP contribution in [0.5, 0.6) is 0 Å². The summed E-state index contributed by atoms with van der Waals surface area (Å²) in [6.07, 6.45) is 4.07. The lowest BCUT2D eigenvalue weighted by atomic mass is 9.81. The first-order valence-corrected chi connectivity index (χ1v) is 35.4. The molecule has 1 aliphatic carbocycles. The van der Waals surface area contributed by atoms with Crippen LogP contribution < -0.4 is 37.9 Å². The van der Waals surface area contributed by atoms with E-state index in [2.05, 4.69) is 40.4 Å². The molecule has 7 rings (SSSR count). The van der Waals surface area contributed by atoms with Crippen LogP contribution in [0, 0.1) is 24.6 Å². The molecule has 2 aliphatic heterocycles. The number of halogens is 1. The Balaban J connectivity index is 0.736. The van der Waals surface area contributed by atoms with E-state index in [9.17, 15) is 38.7 Å². The van der Waals surface area contributed by atoms with Crippen LogP contribution in [0.3, 0.4) is 0 Å². The molecule has 8 N–H and O–H groups in total. The number of nitrogens with one attached hydrogen (secondary N) is 5. The molecular weight excluding hydrogens is 1320 g/mol. The number of amides is 6. The molecule has 4 heterocycles. The van der Waals surface area contributed by atoms with E-state index in [1.54, 1.807) is 58.0 Å². The second-order valence-electron chi connectivity index (χ2n) is 25.7. The number of cyclic esters (lactones) is 1. The van der Waals surface area contributed by atoms with Crippen molar-refractivity contribution < 1.29 is 95.1 Å². The number of aromatic nitrogens is 2. The zero-order chi connectivity index (χ0) is 72.5. The van der Waals surface area contributed by atoms with Gasteiger partial charge < -0.3 is 98.8 Å². The summed E-state index contributed by atoms with van der Waals surface area (Å²) in [6.45, 7) is 20.6. The Morgan fingerprint density at radius 2 is 1.27 bits per heavy atom. The van der Waals surface area contributed by atoms with Crippen molar-refractivity contribution in [3.8, 4) is 11.4 Å². The highest BCUT2D eigenvalue weighted by atomic mass is 19.1. The molecule has 6 amide bonds. The maximum atomic E-state index is 15.5. The van der Waals surface area contributed by atoms with Gasteiger partial charge in [-0.15, -0.1) is 0 Å². The third kappa shape index (κ3) is 25.3. The van der Waals surface area contributed by atoms with Gasteiger partial charge in [0.1, 0.15) is 31.1 Å². The number of carbonyl (C=O) groups is 6. The van der Waals surface area contributed by atoms with Crippen molar-refractivity contribution in [2.24, 2.45) is 17.6 Å². The zero-order valence-corrected chi connectivity index (χ0v) is 59.4. The number of rotatable bonds is 50. The van der Waals surface area contributed by atoms with Crippen LogP contribution in [0.15, 0.2) is 41.2 Å². The van der Waals surface area contributed by atoms with Gasteiger partial charge in [0.25, 0.3) is 5.56 Å². The smallest absolute Gasteiger partial charge is 0.407 e. The molecule has 101 heavy (non-hydrogen) atoms. The molecule has 2 aromatic heterocycles. The Labute approximate surface area is 589 Å². The number of primary amides is 1. The van der Waals surface area contributed by atoms with Gasteiger partial charge in [-0.25, -0.2) is 23.8 Å². The highest BCUT2D eigenvalue weighted by Crippen LogP contribution is 2.46. The van der Waals surface area contributed by atoms with E-state index in [0.717, 1.165) is 37.9 Å². The number of pyridine rings is 2. The summed E-state index contributed by atoms with van der Waals surface area (Å²) < 4.78 is 83.6. The Hall–Kier alpha value is -7.29. The number of carbonyl (C=O) groups excluding carboxylic acids is 6. The van der Waals surface area contributed by atoms with E-state index >= 15 is 4.39 Å². The van der Waals surface area contributed by atoms with Crippen LogP contribution in [-0.4, -0.2) is 201 Å². The number of esters is 1. The molecule has 29 heteroatoms. The van der Waals surface area contributed by atoms with Crippen molar-refractivity contribution in [3.63, 3.8) is 0 Å². The molecule has 0 radical (unpaired) electrons.